The Morgan fingerprint density at radius 2 is 2.04 bits per heavy atom. The quantitative estimate of drug-likeness (QED) is 0.790. The van der Waals surface area contributed by atoms with E-state index in [0.717, 1.165) is 25.9 Å². The number of thioether (sulfide) groups is 1. The number of hydrogen-bond donors (Lipinski definition) is 1. The third-order valence-corrected chi connectivity index (χ3v) is 4.83. The van der Waals surface area contributed by atoms with Gasteiger partial charge in [0.15, 0.2) is 6.61 Å². The predicted octanol–water partition coefficient (Wildman–Crippen LogP) is 3.06. The van der Waals surface area contributed by atoms with Crippen molar-refractivity contribution in [1.29, 1.82) is 0 Å². The van der Waals surface area contributed by atoms with Gasteiger partial charge >= 0.3 is 0 Å². The molecule has 0 atom stereocenters. The fourth-order valence-corrected chi connectivity index (χ4v) is 3.34. The summed E-state index contributed by atoms with van der Waals surface area (Å²) < 4.78 is 5.59. The molecule has 2 amide bonds. The van der Waals surface area contributed by atoms with Gasteiger partial charge in [-0.25, -0.2) is 4.98 Å². The molecule has 136 valence electrons. The van der Waals surface area contributed by atoms with Crippen LogP contribution in [0, 0.1) is 0 Å². The maximum atomic E-state index is 12.5. The molecule has 1 saturated heterocycles. The number of anilines is 1. The Labute approximate surface area is 156 Å². The Kier molecular flexibility index (Phi) is 6.12. The molecular formula is C19H21N3O3S. The smallest absolute Gasteiger partial charge is 0.260 e. The zero-order valence-electron chi connectivity index (χ0n) is 14.6. The van der Waals surface area contributed by atoms with Crippen molar-refractivity contribution in [3.8, 4) is 5.75 Å². The van der Waals surface area contributed by atoms with Crippen molar-refractivity contribution >= 4 is 29.3 Å². The molecule has 0 spiro atoms. The van der Waals surface area contributed by atoms with Crippen LogP contribution in [-0.2, 0) is 4.79 Å². The van der Waals surface area contributed by atoms with Crippen molar-refractivity contribution in [2.45, 2.75) is 17.9 Å². The molecule has 7 heteroatoms. The van der Waals surface area contributed by atoms with Crippen LogP contribution in [0.1, 0.15) is 23.2 Å². The molecule has 1 aliphatic rings. The minimum absolute atomic E-state index is 0.00286. The monoisotopic (exact) mass is 371 g/mol. The molecule has 2 heterocycles. The van der Waals surface area contributed by atoms with Crippen molar-refractivity contribution in [2.75, 3.05) is 31.3 Å². The lowest BCUT2D eigenvalue weighted by atomic mass is 10.2. The maximum absolute atomic E-state index is 12.5. The highest BCUT2D eigenvalue weighted by Gasteiger charge is 2.18. The predicted molar refractivity (Wildman–Crippen MR) is 102 cm³/mol. The molecule has 1 N–H and O–H groups in total. The van der Waals surface area contributed by atoms with E-state index in [9.17, 15) is 9.59 Å². The Morgan fingerprint density at radius 3 is 2.81 bits per heavy atom. The molecule has 1 aromatic carbocycles. The van der Waals surface area contributed by atoms with Gasteiger partial charge in [-0.1, -0.05) is 6.07 Å². The third kappa shape index (κ3) is 4.54. The van der Waals surface area contributed by atoms with Gasteiger partial charge in [0.1, 0.15) is 10.8 Å². The molecule has 0 radical (unpaired) electrons. The number of nitrogens with zero attached hydrogens (tertiary/aromatic N) is 2. The highest BCUT2D eigenvalue weighted by molar-refractivity contribution is 7.98. The van der Waals surface area contributed by atoms with Gasteiger partial charge in [-0.15, -0.1) is 11.8 Å². The molecule has 1 aliphatic heterocycles. The van der Waals surface area contributed by atoms with Crippen molar-refractivity contribution in [1.82, 2.24) is 9.88 Å². The van der Waals surface area contributed by atoms with Gasteiger partial charge in [-0.2, -0.15) is 0 Å². The van der Waals surface area contributed by atoms with Gasteiger partial charge in [0, 0.05) is 31.0 Å². The molecule has 1 fully saturated rings. The summed E-state index contributed by atoms with van der Waals surface area (Å²) in [6.07, 6.45) is 5.65. The first-order chi connectivity index (χ1) is 12.7. The molecule has 26 heavy (non-hydrogen) atoms. The summed E-state index contributed by atoms with van der Waals surface area (Å²) >= 11 is 1.42. The first-order valence-corrected chi connectivity index (χ1v) is 9.71. The molecule has 0 saturated carbocycles. The number of benzene rings is 1. The van der Waals surface area contributed by atoms with Crippen LogP contribution in [0.4, 0.5) is 5.69 Å². The SMILES string of the molecule is CSc1ncccc1C(=O)Nc1cccc(OCC(=O)N2CCCC2)c1. The zero-order valence-corrected chi connectivity index (χ0v) is 15.4. The van der Waals surface area contributed by atoms with Crippen LogP contribution in [0.5, 0.6) is 5.75 Å². The molecule has 6 nitrogen and oxygen atoms in total. The van der Waals surface area contributed by atoms with E-state index in [-0.39, 0.29) is 18.4 Å². The van der Waals surface area contributed by atoms with E-state index in [2.05, 4.69) is 10.3 Å². The zero-order chi connectivity index (χ0) is 18.4. The largest absolute Gasteiger partial charge is 0.484 e. The molecule has 0 unspecified atom stereocenters. The van der Waals surface area contributed by atoms with E-state index in [1.165, 1.54) is 11.8 Å². The van der Waals surface area contributed by atoms with E-state index in [1.54, 1.807) is 42.6 Å². The lowest BCUT2D eigenvalue weighted by Crippen LogP contribution is -2.32. The molecular weight excluding hydrogens is 350 g/mol. The number of hydrogen-bond acceptors (Lipinski definition) is 5. The Balaban J connectivity index is 1.61. The number of pyridine rings is 1. The van der Waals surface area contributed by atoms with Crippen molar-refractivity contribution in [2.24, 2.45) is 0 Å². The molecule has 0 aliphatic carbocycles. The van der Waals surface area contributed by atoms with Gasteiger partial charge < -0.3 is 15.0 Å². The Morgan fingerprint density at radius 1 is 1.23 bits per heavy atom. The summed E-state index contributed by atoms with van der Waals surface area (Å²) in [4.78, 5) is 30.6. The van der Waals surface area contributed by atoms with Gasteiger partial charge in [0.2, 0.25) is 0 Å². The first kappa shape index (κ1) is 18.3. The fraction of sp³-hybridized carbons (Fsp3) is 0.316. The highest BCUT2D eigenvalue weighted by atomic mass is 32.2. The average Bonchev–Trinajstić information content (AvgIpc) is 3.21. The molecule has 1 aromatic heterocycles. The van der Waals surface area contributed by atoms with E-state index < -0.39 is 0 Å². The lowest BCUT2D eigenvalue weighted by Gasteiger charge is -2.16. The summed E-state index contributed by atoms with van der Waals surface area (Å²) in [5.41, 5.74) is 1.13. The van der Waals surface area contributed by atoms with Gasteiger partial charge in [-0.05, 0) is 43.4 Å². The van der Waals surface area contributed by atoms with Gasteiger partial charge in [0.25, 0.3) is 11.8 Å². The summed E-state index contributed by atoms with van der Waals surface area (Å²) in [5.74, 6) is 0.316. The summed E-state index contributed by atoms with van der Waals surface area (Å²) in [6, 6.07) is 10.5. The second-order valence-electron chi connectivity index (χ2n) is 5.92. The van der Waals surface area contributed by atoms with Crippen LogP contribution in [-0.4, -0.2) is 47.7 Å². The maximum Gasteiger partial charge on any atom is 0.260 e. The third-order valence-electron chi connectivity index (χ3n) is 4.12. The van der Waals surface area contributed by atoms with Crippen molar-refractivity contribution in [3.63, 3.8) is 0 Å². The summed E-state index contributed by atoms with van der Waals surface area (Å²) in [6.45, 7) is 1.62. The second-order valence-corrected chi connectivity index (χ2v) is 6.71. The van der Waals surface area contributed by atoms with E-state index in [0.29, 0.717) is 22.0 Å². The number of amides is 2. The summed E-state index contributed by atoms with van der Waals surface area (Å²) in [7, 11) is 0. The van der Waals surface area contributed by atoms with Crippen molar-refractivity contribution in [3.05, 3.63) is 48.2 Å². The van der Waals surface area contributed by atoms with E-state index >= 15 is 0 Å². The van der Waals surface area contributed by atoms with E-state index in [1.807, 2.05) is 11.2 Å². The number of ether oxygens (including phenoxy) is 1. The van der Waals surface area contributed by atoms with Crippen molar-refractivity contribution < 1.29 is 14.3 Å². The normalized spacial score (nSPS) is 13.5. The molecule has 2 aromatic rings. The minimum Gasteiger partial charge on any atom is -0.484 e. The van der Waals surface area contributed by atoms with Crippen LogP contribution in [0.3, 0.4) is 0 Å². The fourth-order valence-electron chi connectivity index (χ4n) is 2.79. The van der Waals surface area contributed by atoms with Crippen LogP contribution in [0.25, 0.3) is 0 Å². The standard InChI is InChI=1S/C19H21N3O3S/c1-26-19-16(8-5-9-20-19)18(24)21-14-6-4-7-15(12-14)25-13-17(23)22-10-2-3-11-22/h4-9,12H,2-3,10-11,13H2,1H3,(H,21,24). The molecule has 3 rings (SSSR count). The number of likely N-dealkylation sites (tertiary alicyclic amines) is 1. The number of nitrogens with one attached hydrogen (secondary N) is 1. The highest BCUT2D eigenvalue weighted by Crippen LogP contribution is 2.21. The number of rotatable bonds is 6. The topological polar surface area (TPSA) is 71.5 Å². The number of aromatic nitrogens is 1. The summed E-state index contributed by atoms with van der Waals surface area (Å²) in [5, 5.41) is 3.52. The van der Waals surface area contributed by atoms with Gasteiger partial charge in [0.05, 0.1) is 5.56 Å². The van der Waals surface area contributed by atoms with Crippen LogP contribution >= 0.6 is 11.8 Å². The van der Waals surface area contributed by atoms with Crippen LogP contribution < -0.4 is 10.1 Å². The first-order valence-electron chi connectivity index (χ1n) is 8.48. The van der Waals surface area contributed by atoms with Crippen LogP contribution in [0.15, 0.2) is 47.6 Å². The Hall–Kier alpha value is -2.54. The lowest BCUT2D eigenvalue weighted by molar-refractivity contribution is -0.132. The molecule has 0 bridgehead atoms. The Bertz CT molecular complexity index is 791. The van der Waals surface area contributed by atoms with E-state index in [4.69, 9.17) is 4.74 Å². The number of carbonyl (C=O) groups excluding carboxylic acids is 2. The second kappa shape index (κ2) is 8.71. The minimum atomic E-state index is -0.229. The number of carbonyl (C=O) groups is 2. The average molecular weight is 371 g/mol. The van der Waals surface area contributed by atoms with Crippen LogP contribution in [0.2, 0.25) is 0 Å². The van der Waals surface area contributed by atoms with Gasteiger partial charge in [-0.3, -0.25) is 9.59 Å².